The van der Waals surface area contributed by atoms with Crippen LogP contribution >= 0.6 is 0 Å². The number of hydrogen-bond donors (Lipinski definition) is 1. The fourth-order valence-corrected chi connectivity index (χ4v) is 2.80. The molecule has 5 heteroatoms. The Labute approximate surface area is 119 Å². The highest BCUT2D eigenvalue weighted by atomic mass is 15.3. The van der Waals surface area contributed by atoms with Gasteiger partial charge in [-0.05, 0) is 24.5 Å². The van der Waals surface area contributed by atoms with Gasteiger partial charge in [0.2, 0.25) is 0 Å². The second-order valence-electron chi connectivity index (χ2n) is 5.27. The standard InChI is InChI=1S/C15H21N5/c1-2-8-20-15(17-11-18-20)10-19-9-7-13(16)12-5-3-4-6-14(12)19/h3-6,11,13H,2,7-10,16H2,1H3. The first-order valence-electron chi connectivity index (χ1n) is 7.25. The maximum Gasteiger partial charge on any atom is 0.146 e. The predicted molar refractivity (Wildman–Crippen MR) is 79.4 cm³/mol. The zero-order chi connectivity index (χ0) is 13.9. The summed E-state index contributed by atoms with van der Waals surface area (Å²) in [5, 5.41) is 4.30. The van der Waals surface area contributed by atoms with E-state index in [2.05, 4.69) is 46.2 Å². The van der Waals surface area contributed by atoms with E-state index in [1.165, 1.54) is 11.3 Å². The summed E-state index contributed by atoms with van der Waals surface area (Å²) in [6.45, 7) is 4.84. The first kappa shape index (κ1) is 13.1. The van der Waals surface area contributed by atoms with E-state index < -0.39 is 0 Å². The highest BCUT2D eigenvalue weighted by Crippen LogP contribution is 2.32. The molecule has 2 heterocycles. The van der Waals surface area contributed by atoms with Crippen LogP contribution in [0.3, 0.4) is 0 Å². The molecular weight excluding hydrogens is 250 g/mol. The molecule has 0 aliphatic carbocycles. The van der Waals surface area contributed by atoms with Crippen molar-refractivity contribution in [3.8, 4) is 0 Å². The van der Waals surface area contributed by atoms with E-state index in [4.69, 9.17) is 5.73 Å². The van der Waals surface area contributed by atoms with Crippen molar-refractivity contribution in [2.24, 2.45) is 5.73 Å². The number of benzene rings is 1. The van der Waals surface area contributed by atoms with Crippen LogP contribution in [0.5, 0.6) is 0 Å². The van der Waals surface area contributed by atoms with Crippen LogP contribution in [0, 0.1) is 0 Å². The molecule has 0 spiro atoms. The molecule has 20 heavy (non-hydrogen) atoms. The monoisotopic (exact) mass is 271 g/mol. The average Bonchev–Trinajstić information content (AvgIpc) is 2.90. The average molecular weight is 271 g/mol. The summed E-state index contributed by atoms with van der Waals surface area (Å²) < 4.78 is 2.00. The third kappa shape index (κ3) is 2.41. The molecule has 2 N–H and O–H groups in total. The number of aryl methyl sites for hydroxylation is 1. The van der Waals surface area contributed by atoms with Crippen molar-refractivity contribution in [1.29, 1.82) is 0 Å². The van der Waals surface area contributed by atoms with Gasteiger partial charge in [0.05, 0.1) is 6.54 Å². The summed E-state index contributed by atoms with van der Waals surface area (Å²) in [6.07, 6.45) is 3.70. The number of nitrogens with zero attached hydrogens (tertiary/aromatic N) is 4. The van der Waals surface area contributed by atoms with E-state index in [9.17, 15) is 0 Å². The Kier molecular flexibility index (Phi) is 3.69. The Balaban J connectivity index is 1.85. The normalized spacial score (nSPS) is 18.1. The SMILES string of the molecule is CCCn1ncnc1CN1CCC(N)c2ccccc21. The quantitative estimate of drug-likeness (QED) is 0.925. The molecule has 1 aliphatic rings. The summed E-state index contributed by atoms with van der Waals surface area (Å²) in [5.74, 6) is 1.03. The third-order valence-electron chi connectivity index (χ3n) is 3.85. The number of rotatable bonds is 4. The zero-order valence-electron chi connectivity index (χ0n) is 11.9. The van der Waals surface area contributed by atoms with Crippen LogP contribution in [-0.4, -0.2) is 21.3 Å². The number of anilines is 1. The zero-order valence-corrected chi connectivity index (χ0v) is 11.9. The molecule has 0 amide bonds. The van der Waals surface area contributed by atoms with Gasteiger partial charge in [0, 0.05) is 24.8 Å². The topological polar surface area (TPSA) is 60.0 Å². The Morgan fingerprint density at radius 3 is 3.05 bits per heavy atom. The summed E-state index contributed by atoms with van der Waals surface area (Å²) >= 11 is 0. The van der Waals surface area contributed by atoms with Crippen LogP contribution in [0.25, 0.3) is 0 Å². The summed E-state index contributed by atoms with van der Waals surface area (Å²) in [7, 11) is 0. The van der Waals surface area contributed by atoms with E-state index in [0.717, 1.165) is 38.3 Å². The molecule has 0 fully saturated rings. The third-order valence-corrected chi connectivity index (χ3v) is 3.85. The molecular formula is C15H21N5. The van der Waals surface area contributed by atoms with Gasteiger partial charge in [0.15, 0.2) is 0 Å². The number of aromatic nitrogens is 3. The van der Waals surface area contributed by atoms with Crippen LogP contribution in [0.2, 0.25) is 0 Å². The first-order valence-corrected chi connectivity index (χ1v) is 7.25. The van der Waals surface area contributed by atoms with Crippen molar-refractivity contribution in [1.82, 2.24) is 14.8 Å². The molecule has 0 saturated heterocycles. The van der Waals surface area contributed by atoms with Gasteiger partial charge in [-0.2, -0.15) is 5.10 Å². The molecule has 0 saturated carbocycles. The van der Waals surface area contributed by atoms with Gasteiger partial charge in [-0.15, -0.1) is 0 Å². The van der Waals surface area contributed by atoms with Gasteiger partial charge in [0.25, 0.3) is 0 Å². The predicted octanol–water partition coefficient (Wildman–Crippen LogP) is 2.10. The second kappa shape index (κ2) is 5.63. The molecule has 1 unspecified atom stereocenters. The van der Waals surface area contributed by atoms with E-state index in [-0.39, 0.29) is 6.04 Å². The summed E-state index contributed by atoms with van der Waals surface area (Å²) in [5.41, 5.74) is 8.67. The minimum absolute atomic E-state index is 0.149. The second-order valence-corrected chi connectivity index (χ2v) is 5.27. The van der Waals surface area contributed by atoms with E-state index in [1.54, 1.807) is 6.33 Å². The minimum atomic E-state index is 0.149. The lowest BCUT2D eigenvalue weighted by Gasteiger charge is -2.34. The Hall–Kier alpha value is -1.88. The maximum absolute atomic E-state index is 6.20. The van der Waals surface area contributed by atoms with Crippen molar-refractivity contribution in [3.63, 3.8) is 0 Å². The van der Waals surface area contributed by atoms with Crippen molar-refractivity contribution in [2.45, 2.75) is 38.9 Å². The molecule has 1 aliphatic heterocycles. The molecule has 1 atom stereocenters. The fraction of sp³-hybridized carbons (Fsp3) is 0.467. The first-order chi connectivity index (χ1) is 9.79. The Morgan fingerprint density at radius 1 is 1.35 bits per heavy atom. The van der Waals surface area contributed by atoms with Gasteiger partial charge in [0.1, 0.15) is 12.2 Å². The lowest BCUT2D eigenvalue weighted by molar-refractivity contribution is 0.540. The van der Waals surface area contributed by atoms with Gasteiger partial charge in [-0.25, -0.2) is 9.67 Å². The number of nitrogens with two attached hydrogens (primary N) is 1. The van der Waals surface area contributed by atoms with Crippen LogP contribution in [0.4, 0.5) is 5.69 Å². The van der Waals surface area contributed by atoms with Crippen molar-refractivity contribution in [3.05, 3.63) is 42.0 Å². The number of fused-ring (bicyclic) bond motifs is 1. The van der Waals surface area contributed by atoms with Crippen LogP contribution in [0.15, 0.2) is 30.6 Å². The molecule has 2 aromatic rings. The Morgan fingerprint density at radius 2 is 2.20 bits per heavy atom. The molecule has 1 aromatic heterocycles. The Bertz CT molecular complexity index is 577. The minimum Gasteiger partial charge on any atom is -0.364 e. The van der Waals surface area contributed by atoms with Gasteiger partial charge >= 0.3 is 0 Å². The van der Waals surface area contributed by atoms with Crippen molar-refractivity contribution in [2.75, 3.05) is 11.4 Å². The van der Waals surface area contributed by atoms with E-state index >= 15 is 0 Å². The lowest BCUT2D eigenvalue weighted by Crippen LogP contribution is -2.34. The van der Waals surface area contributed by atoms with Gasteiger partial charge < -0.3 is 10.6 Å². The highest BCUT2D eigenvalue weighted by Gasteiger charge is 2.23. The highest BCUT2D eigenvalue weighted by molar-refractivity contribution is 5.56. The smallest absolute Gasteiger partial charge is 0.146 e. The molecule has 3 rings (SSSR count). The van der Waals surface area contributed by atoms with Crippen LogP contribution < -0.4 is 10.6 Å². The maximum atomic E-state index is 6.20. The van der Waals surface area contributed by atoms with Crippen LogP contribution in [0.1, 0.15) is 37.2 Å². The molecule has 5 nitrogen and oxygen atoms in total. The molecule has 106 valence electrons. The summed E-state index contributed by atoms with van der Waals surface area (Å²) in [4.78, 5) is 6.76. The molecule has 0 bridgehead atoms. The number of hydrogen-bond acceptors (Lipinski definition) is 4. The van der Waals surface area contributed by atoms with E-state index in [1.807, 2.05) is 4.68 Å². The summed E-state index contributed by atoms with van der Waals surface area (Å²) in [6, 6.07) is 8.55. The largest absolute Gasteiger partial charge is 0.364 e. The van der Waals surface area contributed by atoms with E-state index in [0.29, 0.717) is 0 Å². The fourth-order valence-electron chi connectivity index (χ4n) is 2.80. The van der Waals surface area contributed by atoms with Crippen molar-refractivity contribution >= 4 is 5.69 Å². The molecule has 0 radical (unpaired) electrons. The van der Waals surface area contributed by atoms with Gasteiger partial charge in [-0.1, -0.05) is 25.1 Å². The van der Waals surface area contributed by atoms with Gasteiger partial charge in [-0.3, -0.25) is 0 Å². The molecule has 1 aromatic carbocycles. The lowest BCUT2D eigenvalue weighted by atomic mass is 9.97. The number of para-hydroxylation sites is 1. The van der Waals surface area contributed by atoms with Crippen LogP contribution in [-0.2, 0) is 13.1 Å². The van der Waals surface area contributed by atoms with Crippen molar-refractivity contribution < 1.29 is 0 Å².